The number of rotatable bonds is 6. The van der Waals surface area contributed by atoms with Gasteiger partial charge < -0.3 is 0 Å². The molecule has 3 aromatic carbocycles. The van der Waals surface area contributed by atoms with Crippen LogP contribution in [0.15, 0.2) is 99.7 Å². The number of hydrazine groups is 1. The lowest BCUT2D eigenvalue weighted by atomic mass is 10.1. The number of anilines is 1. The minimum absolute atomic E-state index is 0.0504. The second kappa shape index (κ2) is 10.4. The Morgan fingerprint density at radius 3 is 1.92 bits per heavy atom. The average molecular weight is 507 g/mol. The molecule has 1 aromatic heterocycles. The zero-order valence-electron chi connectivity index (χ0n) is 21.9. The van der Waals surface area contributed by atoms with E-state index in [-0.39, 0.29) is 17.5 Å². The van der Waals surface area contributed by atoms with Crippen LogP contribution in [0.2, 0.25) is 0 Å². The van der Waals surface area contributed by atoms with Gasteiger partial charge in [0.25, 0.3) is 11.5 Å². The predicted molar refractivity (Wildman–Crippen MR) is 152 cm³/mol. The van der Waals surface area contributed by atoms with Crippen LogP contribution >= 0.6 is 0 Å². The number of aliphatic imine (C=N–C) groups is 2. The Labute approximate surface area is 221 Å². The smallest absolute Gasteiger partial charge is 0.283 e. The van der Waals surface area contributed by atoms with Crippen molar-refractivity contribution in [1.29, 1.82) is 0 Å². The first-order chi connectivity index (χ1) is 18.4. The quantitative estimate of drug-likeness (QED) is 0.366. The van der Waals surface area contributed by atoms with Gasteiger partial charge in [-0.3, -0.25) is 19.3 Å². The maximum atomic E-state index is 13.1. The Kier molecular flexibility index (Phi) is 6.89. The lowest BCUT2D eigenvalue weighted by Gasteiger charge is -2.26. The van der Waals surface area contributed by atoms with Gasteiger partial charge in [0.2, 0.25) is 0 Å². The van der Waals surface area contributed by atoms with Crippen molar-refractivity contribution in [3.63, 3.8) is 0 Å². The van der Waals surface area contributed by atoms with E-state index in [1.54, 1.807) is 22.1 Å². The number of amides is 1. The number of carbonyl (C=O) groups is 1. The van der Waals surface area contributed by atoms with Crippen LogP contribution in [0.1, 0.15) is 23.7 Å². The summed E-state index contributed by atoms with van der Waals surface area (Å²) in [5, 5.41) is 3.61. The maximum Gasteiger partial charge on any atom is 0.297 e. The average Bonchev–Trinajstić information content (AvgIpc) is 3.29. The molecule has 8 nitrogen and oxygen atoms in total. The van der Waals surface area contributed by atoms with Crippen LogP contribution in [-0.4, -0.2) is 51.8 Å². The number of para-hydroxylation sites is 2. The molecule has 0 unspecified atom stereocenters. The van der Waals surface area contributed by atoms with Gasteiger partial charge in [-0.05, 0) is 49.2 Å². The topological polar surface area (TPSA) is 75.2 Å². The molecule has 192 valence electrons. The number of aromatic nitrogens is 2. The van der Waals surface area contributed by atoms with E-state index in [9.17, 15) is 9.59 Å². The van der Waals surface area contributed by atoms with Crippen LogP contribution in [0.4, 0.5) is 11.4 Å². The Morgan fingerprint density at radius 2 is 1.32 bits per heavy atom. The van der Waals surface area contributed by atoms with E-state index in [1.165, 1.54) is 0 Å². The highest BCUT2D eigenvalue weighted by molar-refractivity contribution is 6.00. The third kappa shape index (κ3) is 4.62. The number of benzene rings is 3. The molecule has 1 aliphatic rings. The van der Waals surface area contributed by atoms with Crippen molar-refractivity contribution in [1.82, 2.24) is 14.4 Å². The van der Waals surface area contributed by atoms with E-state index in [0.29, 0.717) is 5.69 Å². The fraction of sp³-hybridized carbons (Fsp3) is 0.200. The predicted octanol–water partition coefficient (Wildman–Crippen LogP) is 4.30. The largest absolute Gasteiger partial charge is 0.297 e. The van der Waals surface area contributed by atoms with E-state index in [0.717, 1.165) is 28.2 Å². The van der Waals surface area contributed by atoms with E-state index in [2.05, 4.69) is 9.98 Å². The number of likely N-dealkylation sites (N-methyl/N-ethyl adjacent to an activating group) is 1. The summed E-state index contributed by atoms with van der Waals surface area (Å²) < 4.78 is 3.43. The fourth-order valence-electron chi connectivity index (χ4n) is 4.62. The second-order valence-electron chi connectivity index (χ2n) is 9.36. The maximum absolute atomic E-state index is 13.1. The molecule has 1 aliphatic heterocycles. The summed E-state index contributed by atoms with van der Waals surface area (Å²) >= 11 is 0. The molecule has 0 aliphatic carbocycles. The Balaban J connectivity index is 1.31. The number of nitrogens with zero attached hydrogens (tertiary/aromatic N) is 6. The van der Waals surface area contributed by atoms with E-state index >= 15 is 0 Å². The molecule has 8 heteroatoms. The van der Waals surface area contributed by atoms with Gasteiger partial charge in [0.15, 0.2) is 5.69 Å². The van der Waals surface area contributed by atoms with Crippen LogP contribution in [0.25, 0.3) is 5.69 Å². The highest BCUT2D eigenvalue weighted by Gasteiger charge is 2.42. The number of hydrogen-bond acceptors (Lipinski definition) is 5. The molecule has 1 fully saturated rings. The van der Waals surface area contributed by atoms with Crippen LogP contribution in [0.5, 0.6) is 0 Å². The molecule has 0 bridgehead atoms. The summed E-state index contributed by atoms with van der Waals surface area (Å²) in [6.07, 6.45) is 3.43. The lowest BCUT2D eigenvalue weighted by molar-refractivity contribution is -0.118. The first-order valence-electron chi connectivity index (χ1n) is 12.5. The Morgan fingerprint density at radius 1 is 0.763 bits per heavy atom. The van der Waals surface area contributed by atoms with Gasteiger partial charge in [0.05, 0.1) is 23.1 Å². The van der Waals surface area contributed by atoms with Crippen molar-refractivity contribution >= 4 is 29.7 Å². The van der Waals surface area contributed by atoms with Crippen molar-refractivity contribution in [3.8, 4) is 5.69 Å². The molecular formula is C30H30N6O2. The molecule has 0 N–H and O–H groups in total. The fourth-order valence-corrected chi connectivity index (χ4v) is 4.62. The minimum Gasteiger partial charge on any atom is -0.283 e. The van der Waals surface area contributed by atoms with E-state index in [4.69, 9.17) is 0 Å². The highest BCUT2D eigenvalue weighted by atomic mass is 16.2. The van der Waals surface area contributed by atoms with Gasteiger partial charge in [-0.2, -0.15) is 0 Å². The Hall–Kier alpha value is -4.56. The van der Waals surface area contributed by atoms with Gasteiger partial charge in [-0.25, -0.2) is 19.7 Å². The van der Waals surface area contributed by atoms with Crippen molar-refractivity contribution in [2.24, 2.45) is 17.0 Å². The van der Waals surface area contributed by atoms with Crippen molar-refractivity contribution in [2.45, 2.75) is 25.9 Å². The number of carbonyl (C=O) groups excluding carboxylic acids is 1. The molecule has 0 spiro atoms. The zero-order chi connectivity index (χ0) is 26.8. The molecule has 5 rings (SSSR count). The van der Waals surface area contributed by atoms with E-state index in [1.807, 2.05) is 123 Å². The van der Waals surface area contributed by atoms with Gasteiger partial charge in [0.1, 0.15) is 6.04 Å². The van der Waals surface area contributed by atoms with Crippen molar-refractivity contribution in [3.05, 3.63) is 112 Å². The highest BCUT2D eigenvalue weighted by Crippen LogP contribution is 2.27. The van der Waals surface area contributed by atoms with Crippen LogP contribution in [0, 0.1) is 6.92 Å². The van der Waals surface area contributed by atoms with Crippen LogP contribution < -0.4 is 10.6 Å². The standard InChI is InChI=1S/C30H30N6O2/c1-21-27(29(37)35(33(21)3)25-11-7-5-8-12-25)31-19-23-15-17-24(18-16-23)20-32-28-22(2)34(4)36(30(28)38)26-13-9-6-10-14-26/h5-21,27H,1-4H3/t21-,27-/m1/s1. The number of hydrogen-bond donors (Lipinski definition) is 0. The SMILES string of the molecule is Cc1c(N=Cc2ccc(C=N[C@H]3C(=O)N(c4ccccc4)N(C)[C@@H]3C)cc2)c(=O)n(-c2ccccc2)n1C. The zero-order valence-corrected chi connectivity index (χ0v) is 21.9. The molecule has 0 radical (unpaired) electrons. The minimum atomic E-state index is -0.491. The lowest BCUT2D eigenvalue weighted by Crippen LogP contribution is -2.38. The monoisotopic (exact) mass is 506 g/mol. The summed E-state index contributed by atoms with van der Waals surface area (Å²) in [5.74, 6) is -0.0504. The second-order valence-corrected chi connectivity index (χ2v) is 9.36. The van der Waals surface area contributed by atoms with Gasteiger partial charge >= 0.3 is 0 Å². The van der Waals surface area contributed by atoms with Gasteiger partial charge in [-0.1, -0.05) is 60.7 Å². The first kappa shape index (κ1) is 25.1. The first-order valence-corrected chi connectivity index (χ1v) is 12.5. The molecule has 2 atom stereocenters. The molecule has 4 aromatic rings. The Bertz CT molecular complexity index is 1550. The molecular weight excluding hydrogens is 476 g/mol. The summed E-state index contributed by atoms with van der Waals surface area (Å²) in [7, 11) is 3.76. The summed E-state index contributed by atoms with van der Waals surface area (Å²) in [6.45, 7) is 3.88. The third-order valence-corrected chi connectivity index (χ3v) is 7.01. The molecule has 38 heavy (non-hydrogen) atoms. The van der Waals surface area contributed by atoms with Crippen LogP contribution in [0.3, 0.4) is 0 Å². The van der Waals surface area contributed by atoms with Crippen LogP contribution in [-0.2, 0) is 11.8 Å². The molecule has 1 amide bonds. The normalized spacial score (nSPS) is 18.3. The van der Waals surface area contributed by atoms with Gasteiger partial charge in [-0.15, -0.1) is 0 Å². The van der Waals surface area contributed by atoms with Crippen molar-refractivity contribution < 1.29 is 4.79 Å². The van der Waals surface area contributed by atoms with E-state index < -0.39 is 6.04 Å². The summed E-state index contributed by atoms with van der Waals surface area (Å²) in [5.41, 5.74) is 4.38. The van der Waals surface area contributed by atoms with Gasteiger partial charge in [0, 0.05) is 26.5 Å². The molecule has 1 saturated heterocycles. The third-order valence-electron chi connectivity index (χ3n) is 7.01. The summed E-state index contributed by atoms with van der Waals surface area (Å²) in [4.78, 5) is 35.3. The molecule has 0 saturated carbocycles. The summed E-state index contributed by atoms with van der Waals surface area (Å²) in [6, 6.07) is 26.2. The van der Waals surface area contributed by atoms with Crippen molar-refractivity contribution in [2.75, 3.05) is 12.1 Å². The molecule has 2 heterocycles.